The van der Waals surface area contributed by atoms with Gasteiger partial charge >= 0.3 is 6.61 Å². The number of hydrazone groups is 1. The highest BCUT2D eigenvalue weighted by Gasteiger charge is 2.27. The Morgan fingerprint density at radius 2 is 1.90 bits per heavy atom. The molecule has 8 heteroatoms. The van der Waals surface area contributed by atoms with Crippen LogP contribution in [0.2, 0.25) is 0 Å². The molecule has 0 radical (unpaired) electrons. The second kappa shape index (κ2) is 6.87. The Morgan fingerprint density at radius 3 is 2.33 bits per heavy atom. The van der Waals surface area contributed by atoms with E-state index >= 15 is 0 Å². The molecular formula is C13H13F3N2O3. The van der Waals surface area contributed by atoms with Crippen molar-refractivity contribution in [1.29, 1.82) is 0 Å². The second-order valence-corrected chi connectivity index (χ2v) is 4.20. The SMILES string of the molecule is C/C(=N/N(C=O)c1ccc(OC(F)F)cc1)C(C)(F)C=O. The maximum Gasteiger partial charge on any atom is 0.387 e. The van der Waals surface area contributed by atoms with E-state index in [1.54, 1.807) is 0 Å². The van der Waals surface area contributed by atoms with Gasteiger partial charge in [0.05, 0.1) is 11.4 Å². The van der Waals surface area contributed by atoms with Crippen molar-refractivity contribution < 1.29 is 27.5 Å². The van der Waals surface area contributed by atoms with Gasteiger partial charge in [-0.3, -0.25) is 9.59 Å². The molecule has 0 spiro atoms. The number of benzene rings is 1. The fraction of sp³-hybridized carbons (Fsp3) is 0.308. The summed E-state index contributed by atoms with van der Waals surface area (Å²) in [7, 11) is 0. The van der Waals surface area contributed by atoms with Crippen LogP contribution in [0, 0.1) is 0 Å². The average molecular weight is 302 g/mol. The van der Waals surface area contributed by atoms with Crippen LogP contribution in [0.25, 0.3) is 0 Å². The Hall–Kier alpha value is -2.38. The van der Waals surface area contributed by atoms with Crippen LogP contribution in [0.1, 0.15) is 13.8 Å². The Bertz CT molecular complexity index is 530. The Labute approximate surface area is 119 Å². The van der Waals surface area contributed by atoms with Crippen LogP contribution in [-0.4, -0.2) is 30.7 Å². The number of carbonyl (C=O) groups is 2. The van der Waals surface area contributed by atoms with Gasteiger partial charge in [-0.2, -0.15) is 13.9 Å². The third-order valence-electron chi connectivity index (χ3n) is 2.61. The van der Waals surface area contributed by atoms with E-state index in [-0.39, 0.29) is 23.4 Å². The van der Waals surface area contributed by atoms with Crippen LogP contribution in [-0.2, 0) is 9.59 Å². The first-order chi connectivity index (χ1) is 9.80. The lowest BCUT2D eigenvalue weighted by molar-refractivity contribution is -0.113. The standard InChI is InChI=1S/C13H13F3N2O3/c1-9(13(2,16)7-19)17-18(8-20)10-3-5-11(6-4-10)21-12(14)15/h3-8,12H,1-2H3/b17-9-. The van der Waals surface area contributed by atoms with E-state index in [9.17, 15) is 22.8 Å². The molecule has 0 aromatic heterocycles. The molecule has 0 saturated heterocycles. The second-order valence-electron chi connectivity index (χ2n) is 4.20. The molecule has 5 nitrogen and oxygen atoms in total. The smallest absolute Gasteiger partial charge is 0.387 e. The van der Waals surface area contributed by atoms with Gasteiger partial charge in [-0.05, 0) is 38.1 Å². The molecule has 0 heterocycles. The molecule has 0 aliphatic rings. The molecule has 1 aromatic carbocycles. The van der Waals surface area contributed by atoms with E-state index in [4.69, 9.17) is 0 Å². The van der Waals surface area contributed by atoms with Crippen LogP contribution in [0.4, 0.5) is 18.9 Å². The van der Waals surface area contributed by atoms with Crippen molar-refractivity contribution in [1.82, 2.24) is 0 Å². The van der Waals surface area contributed by atoms with Gasteiger partial charge in [-0.25, -0.2) is 9.40 Å². The topological polar surface area (TPSA) is 59.0 Å². The number of anilines is 1. The fourth-order valence-electron chi connectivity index (χ4n) is 1.27. The quantitative estimate of drug-likeness (QED) is 0.442. The molecule has 1 atom stereocenters. The average Bonchev–Trinajstić information content (AvgIpc) is 2.44. The van der Waals surface area contributed by atoms with Gasteiger partial charge in [0.15, 0.2) is 6.29 Å². The number of amides is 1. The first kappa shape index (κ1) is 16.7. The largest absolute Gasteiger partial charge is 0.435 e. The number of alkyl halides is 3. The maximum atomic E-state index is 13.7. The van der Waals surface area contributed by atoms with Gasteiger partial charge in [-0.15, -0.1) is 0 Å². The summed E-state index contributed by atoms with van der Waals surface area (Å²) in [5.74, 6) is -0.0940. The molecule has 0 fully saturated rings. The summed E-state index contributed by atoms with van der Waals surface area (Å²) < 4.78 is 41.8. The summed E-state index contributed by atoms with van der Waals surface area (Å²) in [4.78, 5) is 21.5. The van der Waals surface area contributed by atoms with E-state index in [1.807, 2.05) is 0 Å². The van der Waals surface area contributed by atoms with E-state index in [1.165, 1.54) is 31.2 Å². The summed E-state index contributed by atoms with van der Waals surface area (Å²) in [6.07, 6.45) is 0.363. The summed E-state index contributed by atoms with van der Waals surface area (Å²) in [5, 5.41) is 4.47. The van der Waals surface area contributed by atoms with Crippen LogP contribution >= 0.6 is 0 Å². The minimum atomic E-state index is -2.96. The first-order valence-corrected chi connectivity index (χ1v) is 5.80. The Kier molecular flexibility index (Phi) is 5.45. The van der Waals surface area contributed by atoms with Crippen molar-refractivity contribution in [3.8, 4) is 5.75 Å². The molecule has 1 rings (SSSR count). The lowest BCUT2D eigenvalue weighted by Gasteiger charge is -2.17. The highest BCUT2D eigenvalue weighted by Crippen LogP contribution is 2.21. The Balaban J connectivity index is 2.98. The summed E-state index contributed by atoms with van der Waals surface area (Å²) in [6, 6.07) is 4.99. The predicted octanol–water partition coefficient (Wildman–Crippen LogP) is 2.55. The van der Waals surface area contributed by atoms with Crippen molar-refractivity contribution in [2.75, 3.05) is 5.01 Å². The molecule has 1 amide bonds. The van der Waals surface area contributed by atoms with E-state index in [0.717, 1.165) is 11.9 Å². The number of hydrogen-bond donors (Lipinski definition) is 0. The van der Waals surface area contributed by atoms with E-state index in [2.05, 4.69) is 9.84 Å². The minimum absolute atomic E-state index is 0.0639. The van der Waals surface area contributed by atoms with Gasteiger partial charge in [0.25, 0.3) is 0 Å². The zero-order chi connectivity index (χ0) is 16.0. The molecule has 0 saturated carbocycles. The van der Waals surface area contributed by atoms with Gasteiger partial charge in [0.1, 0.15) is 5.75 Å². The monoisotopic (exact) mass is 302 g/mol. The summed E-state index contributed by atoms with van der Waals surface area (Å²) in [6.45, 7) is -0.710. The van der Waals surface area contributed by atoms with Crippen molar-refractivity contribution >= 4 is 24.1 Å². The van der Waals surface area contributed by atoms with Crippen molar-refractivity contribution in [2.45, 2.75) is 26.1 Å². The van der Waals surface area contributed by atoms with Crippen molar-refractivity contribution in [2.24, 2.45) is 5.10 Å². The van der Waals surface area contributed by atoms with Crippen LogP contribution in [0.5, 0.6) is 5.75 Å². The van der Waals surface area contributed by atoms with E-state index in [0.29, 0.717) is 6.41 Å². The number of nitrogens with zero attached hydrogens (tertiary/aromatic N) is 2. The molecule has 0 N–H and O–H groups in total. The highest BCUT2D eigenvalue weighted by atomic mass is 19.3. The maximum absolute atomic E-state index is 13.7. The third-order valence-corrected chi connectivity index (χ3v) is 2.61. The van der Waals surface area contributed by atoms with Gasteiger partial charge < -0.3 is 4.74 Å². The zero-order valence-corrected chi connectivity index (χ0v) is 11.3. The molecule has 0 aliphatic carbocycles. The molecule has 0 bridgehead atoms. The Morgan fingerprint density at radius 1 is 1.33 bits per heavy atom. The van der Waals surface area contributed by atoms with Crippen molar-refractivity contribution in [3.63, 3.8) is 0 Å². The van der Waals surface area contributed by atoms with Gasteiger partial charge in [-0.1, -0.05) is 0 Å². The normalized spacial score (nSPS) is 14.5. The first-order valence-electron chi connectivity index (χ1n) is 5.80. The summed E-state index contributed by atoms with van der Waals surface area (Å²) >= 11 is 0. The minimum Gasteiger partial charge on any atom is -0.435 e. The number of rotatable bonds is 7. The fourth-order valence-corrected chi connectivity index (χ4v) is 1.27. The molecule has 114 valence electrons. The van der Waals surface area contributed by atoms with Gasteiger partial charge in [0.2, 0.25) is 12.1 Å². The van der Waals surface area contributed by atoms with Crippen molar-refractivity contribution in [3.05, 3.63) is 24.3 Å². The molecule has 1 aromatic rings. The number of aldehydes is 1. The third kappa shape index (κ3) is 4.59. The van der Waals surface area contributed by atoms with Gasteiger partial charge in [0, 0.05) is 0 Å². The summed E-state index contributed by atoms with van der Waals surface area (Å²) in [5.41, 5.74) is -2.33. The molecular weight excluding hydrogens is 289 g/mol. The van der Waals surface area contributed by atoms with Crippen LogP contribution in [0.3, 0.4) is 0 Å². The lowest BCUT2D eigenvalue weighted by Crippen LogP contribution is -2.32. The van der Waals surface area contributed by atoms with E-state index < -0.39 is 12.3 Å². The molecule has 21 heavy (non-hydrogen) atoms. The predicted molar refractivity (Wildman–Crippen MR) is 70.3 cm³/mol. The highest BCUT2D eigenvalue weighted by molar-refractivity contribution is 6.04. The lowest BCUT2D eigenvalue weighted by atomic mass is 10.1. The van der Waals surface area contributed by atoms with Crippen LogP contribution < -0.4 is 9.75 Å². The number of ether oxygens (including phenoxy) is 1. The molecule has 0 aliphatic heterocycles. The molecule has 1 unspecified atom stereocenters. The number of carbonyl (C=O) groups excluding carboxylic acids is 2. The number of halogens is 3. The van der Waals surface area contributed by atoms with Crippen LogP contribution in [0.15, 0.2) is 29.4 Å². The number of hydrogen-bond acceptors (Lipinski definition) is 4. The zero-order valence-electron chi connectivity index (χ0n) is 11.3.